The third-order valence-electron chi connectivity index (χ3n) is 2.74. The van der Waals surface area contributed by atoms with Crippen molar-refractivity contribution in [3.63, 3.8) is 0 Å². The molecule has 0 aliphatic rings. The van der Waals surface area contributed by atoms with Gasteiger partial charge in [0, 0.05) is 15.8 Å². The van der Waals surface area contributed by atoms with Crippen LogP contribution in [-0.4, -0.2) is 5.91 Å². The van der Waals surface area contributed by atoms with E-state index >= 15 is 0 Å². The summed E-state index contributed by atoms with van der Waals surface area (Å²) in [5, 5.41) is 2.04. The van der Waals surface area contributed by atoms with E-state index in [4.69, 9.17) is 0 Å². The van der Waals surface area contributed by atoms with E-state index in [-0.39, 0.29) is 5.91 Å². The van der Waals surface area contributed by atoms with Crippen molar-refractivity contribution in [1.29, 1.82) is 0 Å². The molecular weight excluding hydrogens is 286 g/mol. The molecule has 0 spiro atoms. The molecule has 3 rings (SSSR count). The molecule has 0 radical (unpaired) electrons. The third-order valence-corrected chi connectivity index (χ3v) is 4.91. The van der Waals surface area contributed by atoms with Gasteiger partial charge in [0.15, 0.2) is 3.98 Å². The van der Waals surface area contributed by atoms with Crippen LogP contribution in [0.25, 0.3) is 10.4 Å². The number of amides is 1. The van der Waals surface area contributed by atoms with Crippen molar-refractivity contribution in [2.45, 2.75) is 0 Å². The Hall–Kier alpha value is -2.04. The van der Waals surface area contributed by atoms with Crippen molar-refractivity contribution in [2.24, 2.45) is 4.99 Å². The van der Waals surface area contributed by atoms with Crippen molar-refractivity contribution >= 4 is 28.6 Å². The van der Waals surface area contributed by atoms with Crippen LogP contribution in [0.2, 0.25) is 0 Å². The minimum Gasteiger partial charge on any atom is -0.267 e. The summed E-state index contributed by atoms with van der Waals surface area (Å²) in [4.78, 5) is 17.3. The first-order valence-corrected chi connectivity index (χ1v) is 7.81. The van der Waals surface area contributed by atoms with E-state index in [0.29, 0.717) is 5.56 Å². The van der Waals surface area contributed by atoms with E-state index in [2.05, 4.69) is 17.1 Å². The van der Waals surface area contributed by atoms with E-state index in [9.17, 15) is 4.79 Å². The molecule has 20 heavy (non-hydrogen) atoms. The summed E-state index contributed by atoms with van der Waals surface area (Å²) in [7, 11) is 0. The van der Waals surface area contributed by atoms with Crippen molar-refractivity contribution in [2.75, 3.05) is 0 Å². The van der Waals surface area contributed by atoms with E-state index in [1.165, 1.54) is 22.7 Å². The average Bonchev–Trinajstić information content (AvgIpc) is 2.97. The zero-order valence-electron chi connectivity index (χ0n) is 10.5. The van der Waals surface area contributed by atoms with Gasteiger partial charge in [0.2, 0.25) is 0 Å². The molecule has 0 saturated carbocycles. The number of benzene rings is 2. The van der Waals surface area contributed by atoms with Gasteiger partial charge < -0.3 is 0 Å². The van der Waals surface area contributed by atoms with Crippen LogP contribution in [0, 0.1) is 0 Å². The Kier molecular flexibility index (Phi) is 3.85. The van der Waals surface area contributed by atoms with Gasteiger partial charge in [-0.25, -0.2) is 0 Å². The molecule has 3 aromatic rings. The molecule has 2 nitrogen and oxygen atoms in total. The molecule has 0 aliphatic heterocycles. The van der Waals surface area contributed by atoms with Gasteiger partial charge in [-0.15, -0.1) is 22.7 Å². The minimum atomic E-state index is -0.191. The topological polar surface area (TPSA) is 29.4 Å². The van der Waals surface area contributed by atoms with E-state index < -0.39 is 0 Å². The van der Waals surface area contributed by atoms with E-state index in [0.717, 1.165) is 14.4 Å². The van der Waals surface area contributed by atoms with E-state index in [1.54, 1.807) is 12.1 Å². The highest BCUT2D eigenvalue weighted by Crippen LogP contribution is 2.23. The van der Waals surface area contributed by atoms with Crippen LogP contribution in [0.15, 0.2) is 71.0 Å². The fraction of sp³-hybridized carbons (Fsp3) is 0. The Morgan fingerprint density at radius 1 is 0.900 bits per heavy atom. The highest BCUT2D eigenvalue weighted by Gasteiger charge is 2.04. The number of hydrogen-bond acceptors (Lipinski definition) is 3. The molecule has 2 aromatic carbocycles. The molecule has 0 bridgehead atoms. The highest BCUT2D eigenvalue weighted by atomic mass is 32.2. The van der Waals surface area contributed by atoms with Crippen LogP contribution in [0.5, 0.6) is 0 Å². The van der Waals surface area contributed by atoms with Crippen LogP contribution < -0.4 is 3.98 Å². The minimum absolute atomic E-state index is 0.191. The SMILES string of the molecule is O=C(N=c1scc(-c2ccccc2)s1)c1ccccc1. The maximum absolute atomic E-state index is 12.0. The molecule has 98 valence electrons. The summed E-state index contributed by atoms with van der Waals surface area (Å²) in [5.41, 5.74) is 1.77. The van der Waals surface area contributed by atoms with Crippen LogP contribution >= 0.6 is 22.7 Å². The zero-order chi connectivity index (χ0) is 13.8. The molecule has 0 unspecified atom stereocenters. The average molecular weight is 297 g/mol. The molecule has 1 aromatic heterocycles. The van der Waals surface area contributed by atoms with Crippen LogP contribution in [0.3, 0.4) is 0 Å². The lowest BCUT2D eigenvalue weighted by atomic mass is 10.2. The lowest BCUT2D eigenvalue weighted by Gasteiger charge is -1.93. The molecule has 0 atom stereocenters. The smallest absolute Gasteiger partial charge is 0.267 e. The quantitative estimate of drug-likeness (QED) is 0.696. The Balaban J connectivity index is 1.91. The normalized spacial score (nSPS) is 11.5. The molecule has 0 N–H and O–H groups in total. The van der Waals surface area contributed by atoms with Crippen molar-refractivity contribution < 1.29 is 4.79 Å². The largest absolute Gasteiger partial charge is 0.279 e. The Labute approximate surface area is 124 Å². The molecule has 0 aliphatic carbocycles. The fourth-order valence-electron chi connectivity index (χ4n) is 1.75. The van der Waals surface area contributed by atoms with Gasteiger partial charge in [0.25, 0.3) is 5.91 Å². The first-order chi connectivity index (χ1) is 9.83. The summed E-state index contributed by atoms with van der Waals surface area (Å²) in [5.74, 6) is -0.191. The second-order valence-electron chi connectivity index (χ2n) is 4.12. The van der Waals surface area contributed by atoms with E-state index in [1.807, 2.05) is 41.8 Å². The fourth-order valence-corrected chi connectivity index (χ4v) is 3.75. The van der Waals surface area contributed by atoms with Crippen LogP contribution in [-0.2, 0) is 0 Å². The third kappa shape index (κ3) is 2.92. The maximum Gasteiger partial charge on any atom is 0.279 e. The van der Waals surface area contributed by atoms with Gasteiger partial charge in [-0.2, -0.15) is 4.99 Å². The molecule has 0 saturated heterocycles. The zero-order valence-corrected chi connectivity index (χ0v) is 12.2. The molecule has 1 heterocycles. The first-order valence-electron chi connectivity index (χ1n) is 6.11. The summed E-state index contributed by atoms with van der Waals surface area (Å²) < 4.78 is 0.776. The van der Waals surface area contributed by atoms with Gasteiger partial charge in [-0.3, -0.25) is 4.79 Å². The second-order valence-corrected chi connectivity index (χ2v) is 6.26. The van der Waals surface area contributed by atoms with Crippen molar-refractivity contribution in [1.82, 2.24) is 0 Å². The summed E-state index contributed by atoms with van der Waals surface area (Å²) >= 11 is 3.04. The van der Waals surface area contributed by atoms with Gasteiger partial charge >= 0.3 is 0 Å². The molecule has 4 heteroatoms. The lowest BCUT2D eigenvalue weighted by Crippen LogP contribution is -1.99. The Bertz CT molecular complexity index is 773. The van der Waals surface area contributed by atoms with Crippen LogP contribution in [0.4, 0.5) is 0 Å². The van der Waals surface area contributed by atoms with Crippen LogP contribution in [0.1, 0.15) is 10.4 Å². The maximum atomic E-state index is 12.0. The van der Waals surface area contributed by atoms with Gasteiger partial charge in [-0.05, 0) is 17.7 Å². The number of carbonyl (C=O) groups excluding carboxylic acids is 1. The van der Waals surface area contributed by atoms with Gasteiger partial charge in [-0.1, -0.05) is 48.5 Å². The number of rotatable bonds is 2. The number of nitrogens with zero attached hydrogens (tertiary/aromatic N) is 1. The van der Waals surface area contributed by atoms with Crippen molar-refractivity contribution in [3.8, 4) is 10.4 Å². The van der Waals surface area contributed by atoms with Crippen molar-refractivity contribution in [3.05, 3.63) is 75.6 Å². The highest BCUT2D eigenvalue weighted by molar-refractivity contribution is 7.28. The Morgan fingerprint density at radius 2 is 1.55 bits per heavy atom. The summed E-state index contributed by atoms with van der Waals surface area (Å²) in [6.07, 6.45) is 0. The predicted octanol–water partition coefficient (Wildman–Crippen LogP) is 4.22. The molecule has 1 amide bonds. The monoisotopic (exact) mass is 297 g/mol. The number of carbonyl (C=O) groups is 1. The number of hydrogen-bond donors (Lipinski definition) is 0. The molecular formula is C16H11NOS2. The standard InChI is InChI=1S/C16H11NOS2/c18-15(13-9-5-2-6-10-13)17-16-19-11-14(20-16)12-7-3-1-4-8-12/h1-11H. The first kappa shape index (κ1) is 13.0. The molecule has 0 fully saturated rings. The Morgan fingerprint density at radius 3 is 2.25 bits per heavy atom. The second kappa shape index (κ2) is 5.94. The summed E-state index contributed by atoms with van der Waals surface area (Å²) in [6, 6.07) is 19.2. The lowest BCUT2D eigenvalue weighted by molar-refractivity contribution is 0.0999. The predicted molar refractivity (Wildman–Crippen MR) is 84.0 cm³/mol. The van der Waals surface area contributed by atoms with Gasteiger partial charge in [0.1, 0.15) is 0 Å². The van der Waals surface area contributed by atoms with Gasteiger partial charge in [0.05, 0.1) is 0 Å². The summed E-state index contributed by atoms with van der Waals surface area (Å²) in [6.45, 7) is 0.